The Kier molecular flexibility index (Phi) is 11.8. The average Bonchev–Trinajstić information content (AvgIpc) is 3.16. The van der Waals surface area contributed by atoms with E-state index in [1.165, 1.54) is 12.5 Å². The van der Waals surface area contributed by atoms with Crippen LogP contribution in [-0.2, 0) is 23.7 Å². The van der Waals surface area contributed by atoms with E-state index in [1.54, 1.807) is 7.11 Å². The highest BCUT2D eigenvalue weighted by Crippen LogP contribution is 2.76. The monoisotopic (exact) mass is 812 g/mol. The molecule has 2 saturated heterocycles. The highest BCUT2D eigenvalue weighted by atomic mass is 16.7. The first-order valence-electron chi connectivity index (χ1n) is 21.4. The van der Waals surface area contributed by atoms with Gasteiger partial charge in [0, 0.05) is 23.9 Å². The Morgan fingerprint density at radius 2 is 1.42 bits per heavy atom. The third kappa shape index (κ3) is 6.48. The molecule has 0 radical (unpaired) electrons. The fourth-order valence-electron chi connectivity index (χ4n) is 14.0. The van der Waals surface area contributed by atoms with Gasteiger partial charge in [0.25, 0.3) is 0 Å². The molecule has 328 valence electrons. The van der Waals surface area contributed by atoms with E-state index in [-0.39, 0.29) is 58.7 Å². The normalized spacial score (nSPS) is 56.1. The third-order valence-corrected chi connectivity index (χ3v) is 17.7. The van der Waals surface area contributed by atoms with Crippen molar-refractivity contribution in [3.8, 4) is 0 Å². The Morgan fingerprint density at radius 3 is 2.05 bits per heavy atom. The van der Waals surface area contributed by atoms with Crippen LogP contribution in [0.2, 0.25) is 0 Å². The van der Waals surface area contributed by atoms with E-state index < -0.39 is 91.1 Å². The number of hydrogen-bond acceptors (Lipinski definition) is 14. The first-order valence-corrected chi connectivity index (χ1v) is 21.4. The second-order valence-corrected chi connectivity index (χ2v) is 21.0. The Morgan fingerprint density at radius 1 is 0.737 bits per heavy atom. The smallest absolute Gasteiger partial charge is 0.187 e. The molecule has 6 fully saturated rings. The lowest BCUT2D eigenvalue weighted by Crippen LogP contribution is -2.70. The van der Waals surface area contributed by atoms with Gasteiger partial charge in [-0.3, -0.25) is 0 Å². The van der Waals surface area contributed by atoms with Gasteiger partial charge in [0.05, 0.1) is 44.2 Å². The number of aliphatic hydroxyl groups is 9. The number of aliphatic hydroxyl groups excluding tert-OH is 9. The molecular weight excluding hydrogens is 740 g/mol. The van der Waals surface area contributed by atoms with E-state index in [2.05, 4.69) is 40.7 Å². The fourth-order valence-corrected chi connectivity index (χ4v) is 14.0. The summed E-state index contributed by atoms with van der Waals surface area (Å²) in [6.07, 6.45) is -7.65. The average molecular weight is 813 g/mol. The van der Waals surface area contributed by atoms with Crippen LogP contribution in [0.15, 0.2) is 11.6 Å². The van der Waals surface area contributed by atoms with E-state index in [4.69, 9.17) is 23.7 Å². The standard InChI is InChI=1S/C43H72O14/c1-21-29(48)31(50)32(51)36(54-21)57-34-30(49)25(18-44)55-37(33(34)52)56-28-10-11-39(4)26(40(28,5)19-45)9-12-41(6)35(39)24(53-8)15-22-23-16-38(2,3)13-14-43(23,20-46)27(47)17-42(22,41)7/h15,21,23-37,44-52H,9-14,16-20H2,1-8H3/t21-,23-,24?,25-,26?,27+,28?,29-,30-,31+,32-,33-,34+,35?,36+,37+,39+,40?,41-,42-,43-/m1/s1. The van der Waals surface area contributed by atoms with Crippen molar-refractivity contribution in [1.82, 2.24) is 0 Å². The molecule has 7 rings (SSSR count). The molecule has 21 atom stereocenters. The molecule has 2 aliphatic heterocycles. The number of allylic oxidation sites excluding steroid dienone is 1. The van der Waals surface area contributed by atoms with Gasteiger partial charge in [-0.2, -0.15) is 0 Å². The summed E-state index contributed by atoms with van der Waals surface area (Å²) in [5.74, 6) is -0.0215. The van der Waals surface area contributed by atoms with E-state index in [9.17, 15) is 46.0 Å². The molecule has 5 unspecified atom stereocenters. The van der Waals surface area contributed by atoms with Crippen LogP contribution in [0.5, 0.6) is 0 Å². The molecule has 0 aromatic rings. The van der Waals surface area contributed by atoms with Crippen LogP contribution in [0.3, 0.4) is 0 Å². The van der Waals surface area contributed by atoms with Crippen LogP contribution in [-0.4, -0.2) is 153 Å². The highest BCUT2D eigenvalue weighted by Gasteiger charge is 2.72. The minimum Gasteiger partial charge on any atom is -0.396 e. The maximum absolute atomic E-state index is 12.1. The zero-order valence-electron chi connectivity index (χ0n) is 35.2. The molecule has 0 spiro atoms. The molecule has 0 amide bonds. The summed E-state index contributed by atoms with van der Waals surface area (Å²) in [6.45, 7) is 14.2. The topological polar surface area (TPSA) is 228 Å². The van der Waals surface area contributed by atoms with Gasteiger partial charge in [-0.25, -0.2) is 0 Å². The molecule has 0 aromatic carbocycles. The fraction of sp³-hybridized carbons (Fsp3) is 0.953. The quantitative estimate of drug-likeness (QED) is 0.125. The molecule has 14 heteroatoms. The summed E-state index contributed by atoms with van der Waals surface area (Å²) in [5, 5.41) is 98.6. The third-order valence-electron chi connectivity index (χ3n) is 17.7. The Labute approximate surface area is 337 Å². The zero-order valence-corrected chi connectivity index (χ0v) is 35.2. The number of ether oxygens (including phenoxy) is 5. The summed E-state index contributed by atoms with van der Waals surface area (Å²) in [5.41, 5.74) is -1.03. The number of fused-ring (bicyclic) bond motifs is 7. The number of methoxy groups -OCH3 is 1. The van der Waals surface area contributed by atoms with E-state index in [1.807, 2.05) is 6.92 Å². The summed E-state index contributed by atoms with van der Waals surface area (Å²) in [4.78, 5) is 0. The lowest BCUT2D eigenvalue weighted by atomic mass is 9.32. The van der Waals surface area contributed by atoms with Gasteiger partial charge < -0.3 is 69.6 Å². The first kappa shape index (κ1) is 44.2. The minimum absolute atomic E-state index is 0.0150. The summed E-state index contributed by atoms with van der Waals surface area (Å²) in [7, 11) is 1.77. The van der Waals surface area contributed by atoms with Crippen molar-refractivity contribution in [2.75, 3.05) is 26.9 Å². The second kappa shape index (κ2) is 15.2. The van der Waals surface area contributed by atoms with Gasteiger partial charge in [-0.1, -0.05) is 53.2 Å². The van der Waals surface area contributed by atoms with Crippen molar-refractivity contribution in [3.05, 3.63) is 11.6 Å². The van der Waals surface area contributed by atoms with Crippen LogP contribution in [0.25, 0.3) is 0 Å². The van der Waals surface area contributed by atoms with Crippen LogP contribution >= 0.6 is 0 Å². The second-order valence-electron chi connectivity index (χ2n) is 21.0. The summed E-state index contributed by atoms with van der Waals surface area (Å²) >= 11 is 0. The molecule has 0 aromatic heterocycles. The molecule has 57 heavy (non-hydrogen) atoms. The molecule has 7 aliphatic rings. The Hall–Kier alpha value is -0.820. The summed E-state index contributed by atoms with van der Waals surface area (Å²) < 4.78 is 30.6. The van der Waals surface area contributed by atoms with E-state index in [0.717, 1.165) is 32.1 Å². The van der Waals surface area contributed by atoms with Gasteiger partial charge in [0.2, 0.25) is 0 Å². The Bertz CT molecular complexity index is 1490. The molecule has 4 saturated carbocycles. The SMILES string of the molecule is COC1C=C2[C@H]3CC(C)(C)CC[C@]3(CO)[C@@H](O)C[C@@]2(C)[C@]2(C)CCC3C(C)(CO)C(O[C@@H]4O[C@H](CO)[C@@H](O)[C@H](O[C@@H]5O[C@H](C)[C@@H](O)[C@H](O)[C@H]5O)[C@H]4O)CC[C@]3(C)C12. The van der Waals surface area contributed by atoms with Crippen molar-refractivity contribution in [1.29, 1.82) is 0 Å². The van der Waals surface area contributed by atoms with Crippen LogP contribution < -0.4 is 0 Å². The van der Waals surface area contributed by atoms with Crippen molar-refractivity contribution >= 4 is 0 Å². The van der Waals surface area contributed by atoms with Crippen LogP contribution in [0.4, 0.5) is 0 Å². The van der Waals surface area contributed by atoms with Gasteiger partial charge in [0.1, 0.15) is 42.7 Å². The first-order chi connectivity index (χ1) is 26.6. The molecule has 14 nitrogen and oxygen atoms in total. The van der Waals surface area contributed by atoms with Crippen molar-refractivity contribution in [3.63, 3.8) is 0 Å². The van der Waals surface area contributed by atoms with E-state index in [0.29, 0.717) is 19.3 Å². The van der Waals surface area contributed by atoms with Gasteiger partial charge in [-0.05, 0) is 91.8 Å². The summed E-state index contributed by atoms with van der Waals surface area (Å²) in [6, 6.07) is 0. The maximum Gasteiger partial charge on any atom is 0.187 e. The molecular formula is C43H72O14. The minimum atomic E-state index is -1.69. The van der Waals surface area contributed by atoms with E-state index >= 15 is 0 Å². The molecule has 2 heterocycles. The van der Waals surface area contributed by atoms with Crippen molar-refractivity contribution in [2.45, 2.75) is 180 Å². The largest absolute Gasteiger partial charge is 0.396 e. The van der Waals surface area contributed by atoms with Crippen LogP contribution in [0.1, 0.15) is 99.8 Å². The zero-order chi connectivity index (χ0) is 41.8. The van der Waals surface area contributed by atoms with Gasteiger partial charge in [-0.15, -0.1) is 0 Å². The van der Waals surface area contributed by atoms with Crippen molar-refractivity contribution < 1.29 is 69.6 Å². The van der Waals surface area contributed by atoms with Crippen LogP contribution in [0, 0.1) is 50.2 Å². The lowest BCUT2D eigenvalue weighted by molar-refractivity contribution is -0.369. The van der Waals surface area contributed by atoms with Gasteiger partial charge in [0.15, 0.2) is 12.6 Å². The van der Waals surface area contributed by atoms with Gasteiger partial charge >= 0.3 is 0 Å². The lowest BCUT2D eigenvalue weighted by Gasteiger charge is -2.73. The predicted octanol–water partition coefficient (Wildman–Crippen LogP) is 1.39. The molecule has 5 aliphatic carbocycles. The Balaban J connectivity index is 1.18. The maximum atomic E-state index is 12.1. The predicted molar refractivity (Wildman–Crippen MR) is 205 cm³/mol. The molecule has 9 N–H and O–H groups in total. The molecule has 0 bridgehead atoms. The van der Waals surface area contributed by atoms with Crippen molar-refractivity contribution in [2.24, 2.45) is 50.2 Å². The number of rotatable bonds is 8. The highest BCUT2D eigenvalue weighted by molar-refractivity contribution is 5.37. The number of hydrogen-bond donors (Lipinski definition) is 9.